The van der Waals surface area contributed by atoms with Crippen LogP contribution in [-0.4, -0.2) is 16.8 Å². The highest BCUT2D eigenvalue weighted by atomic mass is 35.5. The van der Waals surface area contributed by atoms with E-state index in [0.717, 1.165) is 51.9 Å². The second kappa shape index (κ2) is 8.89. The molecule has 0 fully saturated rings. The number of hydrogen-bond acceptors (Lipinski definition) is 5. The van der Waals surface area contributed by atoms with Crippen LogP contribution in [0, 0.1) is 5.92 Å². The molecule has 1 aliphatic carbocycles. The Balaban J connectivity index is 1.56. The Hall–Kier alpha value is -2.74. The van der Waals surface area contributed by atoms with Gasteiger partial charge in [-0.3, -0.25) is 9.59 Å². The molecule has 1 aliphatic rings. The summed E-state index contributed by atoms with van der Waals surface area (Å²) in [5.41, 5.74) is 9.11. The third kappa shape index (κ3) is 4.16. The van der Waals surface area contributed by atoms with E-state index in [1.807, 2.05) is 36.4 Å². The third-order valence-electron chi connectivity index (χ3n) is 6.20. The first-order chi connectivity index (χ1) is 15.9. The van der Waals surface area contributed by atoms with Crippen LogP contribution < -0.4 is 11.1 Å². The fraction of sp³-hybridized carbons (Fsp3) is 0.240. The molecule has 0 saturated heterocycles. The van der Waals surface area contributed by atoms with E-state index in [0.29, 0.717) is 32.1 Å². The van der Waals surface area contributed by atoms with Gasteiger partial charge in [0.1, 0.15) is 5.00 Å². The van der Waals surface area contributed by atoms with Crippen molar-refractivity contribution in [3.8, 4) is 10.6 Å². The number of nitrogens with zero attached hydrogens (tertiary/aromatic N) is 1. The van der Waals surface area contributed by atoms with Crippen LogP contribution in [0.4, 0.5) is 5.00 Å². The quantitative estimate of drug-likeness (QED) is 0.329. The Bertz CT molecular complexity index is 1390. The molecule has 0 aliphatic heterocycles. The van der Waals surface area contributed by atoms with Gasteiger partial charge in [-0.05, 0) is 55.0 Å². The Morgan fingerprint density at radius 1 is 1.21 bits per heavy atom. The molecule has 3 heterocycles. The summed E-state index contributed by atoms with van der Waals surface area (Å²) in [6.07, 6.45) is 3.88. The summed E-state index contributed by atoms with van der Waals surface area (Å²) in [5, 5.41) is 4.29. The third-order valence-corrected chi connectivity index (χ3v) is 8.63. The van der Waals surface area contributed by atoms with Gasteiger partial charge in [0.25, 0.3) is 11.8 Å². The van der Waals surface area contributed by atoms with Gasteiger partial charge in [0.2, 0.25) is 0 Å². The van der Waals surface area contributed by atoms with Gasteiger partial charge in [-0.2, -0.15) is 0 Å². The van der Waals surface area contributed by atoms with Gasteiger partial charge in [-0.25, -0.2) is 4.98 Å². The number of nitrogens with two attached hydrogens (primary N) is 1. The normalized spacial score (nSPS) is 15.4. The first kappa shape index (κ1) is 22.1. The SMILES string of the molecule is CC[C@H]1CCc2c(sc(NC(=O)c3cc(-c4ccc(Cl)s4)nc4ccccc34)c2C(N)=O)C1. The first-order valence-corrected chi connectivity index (χ1v) is 12.9. The van der Waals surface area contributed by atoms with Gasteiger partial charge in [0.05, 0.1) is 31.6 Å². The predicted octanol–water partition coefficient (Wildman–Crippen LogP) is 6.54. The predicted molar refractivity (Wildman–Crippen MR) is 137 cm³/mol. The minimum Gasteiger partial charge on any atom is -0.365 e. The number of aromatic nitrogens is 1. The van der Waals surface area contributed by atoms with Crippen LogP contribution in [0.2, 0.25) is 4.34 Å². The molecule has 8 heteroatoms. The van der Waals surface area contributed by atoms with E-state index in [2.05, 4.69) is 12.2 Å². The van der Waals surface area contributed by atoms with Crippen LogP contribution in [0.5, 0.6) is 0 Å². The molecule has 0 saturated carbocycles. The molecule has 3 N–H and O–H groups in total. The minimum atomic E-state index is -0.494. The lowest BCUT2D eigenvalue weighted by atomic mass is 9.85. The number of rotatable bonds is 5. The van der Waals surface area contributed by atoms with Crippen molar-refractivity contribution in [2.24, 2.45) is 11.7 Å². The zero-order chi connectivity index (χ0) is 23.1. The van der Waals surface area contributed by atoms with Crippen LogP contribution in [0.1, 0.15) is 50.9 Å². The van der Waals surface area contributed by atoms with E-state index in [9.17, 15) is 9.59 Å². The fourth-order valence-corrected chi connectivity index (χ4v) is 6.83. The summed E-state index contributed by atoms with van der Waals surface area (Å²) in [7, 11) is 0. The number of pyridine rings is 1. The molecule has 0 bridgehead atoms. The van der Waals surface area contributed by atoms with Gasteiger partial charge in [0.15, 0.2) is 0 Å². The Morgan fingerprint density at radius 3 is 2.76 bits per heavy atom. The molecule has 5 rings (SSSR count). The minimum absolute atomic E-state index is 0.286. The maximum Gasteiger partial charge on any atom is 0.257 e. The molecule has 168 valence electrons. The van der Waals surface area contributed by atoms with E-state index < -0.39 is 5.91 Å². The highest BCUT2D eigenvalue weighted by Gasteiger charge is 2.28. The summed E-state index contributed by atoms with van der Waals surface area (Å²) < 4.78 is 0.659. The van der Waals surface area contributed by atoms with Crippen molar-refractivity contribution in [1.82, 2.24) is 4.98 Å². The van der Waals surface area contributed by atoms with Gasteiger partial charge < -0.3 is 11.1 Å². The highest BCUT2D eigenvalue weighted by molar-refractivity contribution is 7.19. The molecule has 5 nitrogen and oxygen atoms in total. The second-order valence-corrected chi connectivity index (χ2v) is 11.0. The summed E-state index contributed by atoms with van der Waals surface area (Å²) in [6, 6.07) is 13.0. The lowest BCUT2D eigenvalue weighted by molar-refractivity contribution is 0.1000. The van der Waals surface area contributed by atoms with Gasteiger partial charge >= 0.3 is 0 Å². The Morgan fingerprint density at radius 2 is 2.03 bits per heavy atom. The Kier molecular flexibility index (Phi) is 5.95. The number of carbonyl (C=O) groups is 2. The van der Waals surface area contributed by atoms with Crippen molar-refractivity contribution in [2.75, 3.05) is 5.32 Å². The number of benzene rings is 1. The summed E-state index contributed by atoms with van der Waals surface area (Å²) in [6.45, 7) is 2.19. The van der Waals surface area contributed by atoms with Crippen molar-refractivity contribution in [3.05, 3.63) is 68.4 Å². The number of para-hydroxylation sites is 1. The van der Waals surface area contributed by atoms with Crippen LogP contribution in [0.25, 0.3) is 21.5 Å². The number of nitrogens with one attached hydrogen (secondary N) is 1. The molecule has 2 amide bonds. The standard InChI is InChI=1S/C25H22ClN3O2S2/c1-2-13-7-8-15-20(11-13)33-25(22(15)23(27)30)29-24(31)16-12-18(19-9-10-21(26)32-19)28-17-6-4-3-5-14(16)17/h3-6,9-10,12-13H,2,7-8,11H2,1H3,(H2,27,30)(H,29,31)/t13-/m0/s1. The largest absolute Gasteiger partial charge is 0.365 e. The van der Waals surface area contributed by atoms with Gasteiger partial charge in [-0.15, -0.1) is 22.7 Å². The van der Waals surface area contributed by atoms with E-state index in [1.54, 1.807) is 6.07 Å². The maximum absolute atomic E-state index is 13.5. The summed E-state index contributed by atoms with van der Waals surface area (Å²) >= 11 is 9.02. The average Bonchev–Trinajstić information content (AvgIpc) is 3.40. The molecule has 0 radical (unpaired) electrons. The number of amides is 2. The number of thiophene rings is 2. The van der Waals surface area contributed by atoms with E-state index in [-0.39, 0.29) is 5.91 Å². The van der Waals surface area contributed by atoms with E-state index in [1.165, 1.54) is 22.7 Å². The lowest BCUT2D eigenvalue weighted by Gasteiger charge is -2.20. The number of primary amides is 1. The average molecular weight is 496 g/mol. The number of anilines is 1. The molecule has 0 unspecified atom stereocenters. The van der Waals surface area contributed by atoms with Gasteiger partial charge in [-0.1, -0.05) is 43.1 Å². The molecular weight excluding hydrogens is 474 g/mol. The van der Waals surface area contributed by atoms with Crippen LogP contribution in [0.3, 0.4) is 0 Å². The lowest BCUT2D eigenvalue weighted by Crippen LogP contribution is -2.20. The smallest absolute Gasteiger partial charge is 0.257 e. The first-order valence-electron chi connectivity index (χ1n) is 10.9. The second-order valence-electron chi connectivity index (χ2n) is 8.22. The fourth-order valence-electron chi connectivity index (χ4n) is 4.46. The molecule has 3 aromatic heterocycles. The van der Waals surface area contributed by atoms with E-state index >= 15 is 0 Å². The number of halogens is 1. The van der Waals surface area contributed by atoms with Crippen molar-refractivity contribution < 1.29 is 9.59 Å². The zero-order valence-corrected chi connectivity index (χ0v) is 20.4. The van der Waals surface area contributed by atoms with Crippen LogP contribution in [0.15, 0.2) is 42.5 Å². The zero-order valence-electron chi connectivity index (χ0n) is 18.0. The van der Waals surface area contributed by atoms with Crippen LogP contribution >= 0.6 is 34.3 Å². The van der Waals surface area contributed by atoms with Crippen LogP contribution in [-0.2, 0) is 12.8 Å². The molecule has 33 heavy (non-hydrogen) atoms. The highest BCUT2D eigenvalue weighted by Crippen LogP contribution is 2.41. The molecular formula is C25H22ClN3O2S2. The van der Waals surface area contributed by atoms with Crippen molar-refractivity contribution in [3.63, 3.8) is 0 Å². The molecule has 1 aromatic carbocycles. The number of carbonyl (C=O) groups excluding carboxylic acids is 2. The topological polar surface area (TPSA) is 85.1 Å². The van der Waals surface area contributed by atoms with Crippen molar-refractivity contribution in [1.29, 1.82) is 0 Å². The van der Waals surface area contributed by atoms with Gasteiger partial charge in [0, 0.05) is 10.3 Å². The molecule has 4 aromatic rings. The summed E-state index contributed by atoms with van der Waals surface area (Å²) in [4.78, 5) is 32.6. The molecule has 1 atom stereocenters. The number of fused-ring (bicyclic) bond motifs is 2. The monoisotopic (exact) mass is 495 g/mol. The van der Waals surface area contributed by atoms with Crippen molar-refractivity contribution in [2.45, 2.75) is 32.6 Å². The summed E-state index contributed by atoms with van der Waals surface area (Å²) in [5.74, 6) is -0.179. The molecule has 0 spiro atoms. The van der Waals surface area contributed by atoms with E-state index in [4.69, 9.17) is 22.3 Å². The van der Waals surface area contributed by atoms with Crippen molar-refractivity contribution >= 4 is 62.0 Å². The Labute approximate surface area is 204 Å². The number of hydrogen-bond donors (Lipinski definition) is 2. The maximum atomic E-state index is 13.5.